The van der Waals surface area contributed by atoms with Crippen molar-refractivity contribution in [3.8, 4) is 0 Å². The molecule has 1 N–H and O–H groups in total. The first-order valence-corrected chi connectivity index (χ1v) is 7.05. The Bertz CT molecular complexity index is 595. The first kappa shape index (κ1) is 14.1. The van der Waals surface area contributed by atoms with Gasteiger partial charge in [0.15, 0.2) is 0 Å². The maximum atomic E-state index is 13.4. The normalized spacial score (nSPS) is 12.3. The highest BCUT2D eigenvalue weighted by atomic mass is 79.9. The van der Waals surface area contributed by atoms with Gasteiger partial charge in [0.2, 0.25) is 0 Å². The lowest BCUT2D eigenvalue weighted by Crippen LogP contribution is -2.08. The zero-order chi connectivity index (χ0) is 14.0. The summed E-state index contributed by atoms with van der Waals surface area (Å²) in [6, 6.07) is 11.9. The third-order valence-corrected chi connectivity index (χ3v) is 3.79. The molecule has 0 bridgehead atoms. The molecule has 0 saturated heterocycles. The van der Waals surface area contributed by atoms with Crippen LogP contribution in [-0.4, -0.2) is 0 Å². The van der Waals surface area contributed by atoms with Gasteiger partial charge in [0.1, 0.15) is 5.82 Å². The van der Waals surface area contributed by atoms with Gasteiger partial charge < -0.3 is 5.32 Å². The lowest BCUT2D eigenvalue weighted by Gasteiger charge is -2.18. The van der Waals surface area contributed by atoms with Crippen LogP contribution in [0.5, 0.6) is 0 Å². The van der Waals surface area contributed by atoms with Crippen LogP contribution in [-0.2, 0) is 0 Å². The van der Waals surface area contributed by atoms with E-state index in [1.54, 1.807) is 6.07 Å². The fraction of sp³-hybridized carbons (Fsp3) is 0.250. The van der Waals surface area contributed by atoms with Crippen molar-refractivity contribution >= 4 is 21.6 Å². The number of anilines is 1. The maximum Gasteiger partial charge on any atom is 0.137 e. The van der Waals surface area contributed by atoms with E-state index in [1.165, 1.54) is 17.2 Å². The van der Waals surface area contributed by atoms with Crippen LogP contribution >= 0.6 is 15.9 Å². The van der Waals surface area contributed by atoms with Gasteiger partial charge in [0.25, 0.3) is 0 Å². The zero-order valence-electron chi connectivity index (χ0n) is 11.3. The van der Waals surface area contributed by atoms with Crippen molar-refractivity contribution < 1.29 is 4.39 Å². The number of halogens is 2. The van der Waals surface area contributed by atoms with E-state index < -0.39 is 0 Å². The molecule has 0 aromatic heterocycles. The molecule has 0 heterocycles. The van der Waals surface area contributed by atoms with Gasteiger partial charge in [0.05, 0.1) is 4.47 Å². The second-order valence-electron chi connectivity index (χ2n) is 4.86. The second kappa shape index (κ2) is 5.74. The van der Waals surface area contributed by atoms with Crippen LogP contribution in [0.4, 0.5) is 10.1 Å². The summed E-state index contributed by atoms with van der Waals surface area (Å²) >= 11 is 3.22. The number of rotatable bonds is 3. The molecular weight excluding hydrogens is 305 g/mol. The van der Waals surface area contributed by atoms with E-state index in [0.717, 1.165) is 11.3 Å². The molecule has 100 valence electrons. The summed E-state index contributed by atoms with van der Waals surface area (Å²) in [7, 11) is 0. The average Bonchev–Trinajstić information content (AvgIpc) is 2.36. The highest BCUT2D eigenvalue weighted by Crippen LogP contribution is 2.27. The van der Waals surface area contributed by atoms with E-state index in [4.69, 9.17) is 0 Å². The van der Waals surface area contributed by atoms with Gasteiger partial charge in [-0.3, -0.25) is 0 Å². The van der Waals surface area contributed by atoms with Crippen LogP contribution in [0.25, 0.3) is 0 Å². The van der Waals surface area contributed by atoms with E-state index in [2.05, 4.69) is 59.4 Å². The minimum Gasteiger partial charge on any atom is -0.378 e. The topological polar surface area (TPSA) is 12.0 Å². The number of aryl methyl sites for hydroxylation is 2. The van der Waals surface area contributed by atoms with Crippen molar-refractivity contribution in [1.82, 2.24) is 0 Å². The van der Waals surface area contributed by atoms with E-state index in [1.807, 2.05) is 6.92 Å². The fourth-order valence-corrected chi connectivity index (χ4v) is 2.40. The first-order chi connectivity index (χ1) is 8.97. The summed E-state index contributed by atoms with van der Waals surface area (Å²) in [6.07, 6.45) is 0. The fourth-order valence-electron chi connectivity index (χ4n) is 2.06. The molecule has 2 aromatic rings. The highest BCUT2D eigenvalue weighted by molar-refractivity contribution is 9.10. The average molecular weight is 322 g/mol. The number of hydrogen-bond acceptors (Lipinski definition) is 1. The highest BCUT2D eigenvalue weighted by Gasteiger charge is 2.09. The molecule has 0 aliphatic carbocycles. The largest absolute Gasteiger partial charge is 0.378 e. The molecule has 3 heteroatoms. The van der Waals surface area contributed by atoms with Crippen LogP contribution in [0.15, 0.2) is 40.9 Å². The van der Waals surface area contributed by atoms with Crippen molar-refractivity contribution in [3.05, 3.63) is 63.4 Å². The molecule has 0 aliphatic heterocycles. The molecule has 0 aliphatic rings. The van der Waals surface area contributed by atoms with Gasteiger partial charge in [-0.2, -0.15) is 0 Å². The van der Waals surface area contributed by atoms with Crippen LogP contribution in [0, 0.1) is 19.7 Å². The van der Waals surface area contributed by atoms with Crippen molar-refractivity contribution in [2.75, 3.05) is 5.32 Å². The molecule has 19 heavy (non-hydrogen) atoms. The van der Waals surface area contributed by atoms with Gasteiger partial charge in [-0.1, -0.05) is 29.8 Å². The molecule has 0 saturated carbocycles. The third-order valence-electron chi connectivity index (χ3n) is 3.18. The lowest BCUT2D eigenvalue weighted by atomic mass is 10.0. The molecule has 0 amide bonds. The van der Waals surface area contributed by atoms with Crippen LogP contribution in [0.2, 0.25) is 0 Å². The standard InChI is InChI=1S/C16H17BrFN/c1-10-5-4-6-13(7-10)12(3)19-16-9-14(17)15(18)8-11(16)2/h4-9,12,19H,1-3H3. The van der Waals surface area contributed by atoms with Crippen LogP contribution in [0.3, 0.4) is 0 Å². The number of benzene rings is 2. The number of nitrogens with one attached hydrogen (secondary N) is 1. The van der Waals surface area contributed by atoms with Crippen molar-refractivity contribution in [2.45, 2.75) is 26.8 Å². The Balaban J connectivity index is 2.24. The Kier molecular flexibility index (Phi) is 4.25. The summed E-state index contributed by atoms with van der Waals surface area (Å²) in [4.78, 5) is 0. The SMILES string of the molecule is Cc1cccc(C(C)Nc2cc(Br)c(F)cc2C)c1. The van der Waals surface area contributed by atoms with Gasteiger partial charge in [0, 0.05) is 11.7 Å². The summed E-state index contributed by atoms with van der Waals surface area (Å²) in [5.74, 6) is -0.230. The lowest BCUT2D eigenvalue weighted by molar-refractivity contribution is 0.620. The minimum atomic E-state index is -0.230. The summed E-state index contributed by atoms with van der Waals surface area (Å²) in [6.45, 7) is 6.09. The Hall–Kier alpha value is -1.35. The Labute approximate surface area is 122 Å². The van der Waals surface area contributed by atoms with Crippen molar-refractivity contribution in [2.24, 2.45) is 0 Å². The van der Waals surface area contributed by atoms with Crippen molar-refractivity contribution in [1.29, 1.82) is 0 Å². The Morgan fingerprint density at radius 2 is 1.89 bits per heavy atom. The van der Waals surface area contributed by atoms with Gasteiger partial charge >= 0.3 is 0 Å². The van der Waals surface area contributed by atoms with Gasteiger partial charge in [-0.05, 0) is 60.0 Å². The minimum absolute atomic E-state index is 0.177. The molecule has 1 unspecified atom stereocenters. The molecule has 1 atom stereocenters. The monoisotopic (exact) mass is 321 g/mol. The third kappa shape index (κ3) is 3.35. The summed E-state index contributed by atoms with van der Waals surface area (Å²) in [5.41, 5.74) is 4.31. The molecule has 2 aromatic carbocycles. The van der Waals surface area contributed by atoms with E-state index in [9.17, 15) is 4.39 Å². The number of hydrogen-bond donors (Lipinski definition) is 1. The second-order valence-corrected chi connectivity index (χ2v) is 5.72. The van der Waals surface area contributed by atoms with E-state index in [0.29, 0.717) is 4.47 Å². The molecule has 2 rings (SSSR count). The first-order valence-electron chi connectivity index (χ1n) is 6.26. The molecule has 0 radical (unpaired) electrons. The predicted molar refractivity (Wildman–Crippen MR) is 82.1 cm³/mol. The summed E-state index contributed by atoms with van der Waals surface area (Å²) < 4.78 is 13.9. The zero-order valence-corrected chi connectivity index (χ0v) is 12.9. The van der Waals surface area contributed by atoms with E-state index in [-0.39, 0.29) is 11.9 Å². The molecular formula is C16H17BrFN. The molecule has 0 fully saturated rings. The predicted octanol–water partition coefficient (Wildman–Crippen LogP) is 5.38. The molecule has 0 spiro atoms. The summed E-state index contributed by atoms with van der Waals surface area (Å²) in [5, 5.41) is 3.43. The quantitative estimate of drug-likeness (QED) is 0.800. The van der Waals surface area contributed by atoms with E-state index >= 15 is 0 Å². The van der Waals surface area contributed by atoms with Crippen LogP contribution in [0.1, 0.15) is 29.7 Å². The van der Waals surface area contributed by atoms with Crippen molar-refractivity contribution in [3.63, 3.8) is 0 Å². The van der Waals surface area contributed by atoms with Gasteiger partial charge in [-0.15, -0.1) is 0 Å². The Morgan fingerprint density at radius 1 is 1.16 bits per heavy atom. The maximum absolute atomic E-state index is 13.4. The van der Waals surface area contributed by atoms with Gasteiger partial charge in [-0.25, -0.2) is 4.39 Å². The Morgan fingerprint density at radius 3 is 2.58 bits per heavy atom. The smallest absolute Gasteiger partial charge is 0.137 e. The van der Waals surface area contributed by atoms with Crippen LogP contribution < -0.4 is 5.32 Å². The molecule has 1 nitrogen and oxygen atoms in total.